The number of hydrogen-bond donors (Lipinski definition) is 0. The number of aromatic nitrogens is 2. The number of nitrogens with zero attached hydrogens (tertiary/aromatic N) is 4. The van der Waals surface area contributed by atoms with E-state index in [-0.39, 0.29) is 11.4 Å². The molecule has 0 aliphatic rings. The van der Waals surface area contributed by atoms with Gasteiger partial charge in [-0.25, -0.2) is 0 Å². The Bertz CT molecular complexity index is 619. The molecule has 0 aliphatic heterocycles. The van der Waals surface area contributed by atoms with Crippen LogP contribution in [0.15, 0.2) is 36.8 Å². The largest absolute Gasteiger partial charge is 0.487 e. The molecule has 2 aromatic rings. The third-order valence-electron chi connectivity index (χ3n) is 2.89. The highest BCUT2D eigenvalue weighted by molar-refractivity contribution is 5.69. The minimum absolute atomic E-state index is 0.0364. The van der Waals surface area contributed by atoms with Crippen LogP contribution in [0.4, 0.5) is 11.4 Å². The summed E-state index contributed by atoms with van der Waals surface area (Å²) >= 11 is 0. The molecule has 0 amide bonds. The lowest BCUT2D eigenvalue weighted by Gasteiger charge is -2.19. The number of ether oxygens (including phenoxy) is 1. The Morgan fingerprint density at radius 3 is 2.81 bits per heavy atom. The molecule has 110 valence electrons. The van der Waals surface area contributed by atoms with Gasteiger partial charge in [-0.15, -0.1) is 0 Å². The van der Waals surface area contributed by atoms with Gasteiger partial charge in [-0.2, -0.15) is 0 Å². The summed E-state index contributed by atoms with van der Waals surface area (Å²) in [4.78, 5) is 20.8. The van der Waals surface area contributed by atoms with Crippen LogP contribution in [-0.2, 0) is 6.54 Å². The average Bonchev–Trinajstić information content (AvgIpc) is 2.48. The quantitative estimate of drug-likeness (QED) is 0.599. The molecule has 0 radical (unpaired) electrons. The summed E-state index contributed by atoms with van der Waals surface area (Å²) in [5.41, 5.74) is 1.18. The van der Waals surface area contributed by atoms with E-state index in [9.17, 15) is 10.1 Å². The van der Waals surface area contributed by atoms with Crippen LogP contribution in [0.25, 0.3) is 0 Å². The summed E-state index contributed by atoms with van der Waals surface area (Å²) in [5, 5.41) is 11.3. The summed E-state index contributed by atoms with van der Waals surface area (Å²) in [6.07, 6.45) is 4.81. The van der Waals surface area contributed by atoms with Crippen molar-refractivity contribution in [1.29, 1.82) is 0 Å². The molecule has 21 heavy (non-hydrogen) atoms. The van der Waals surface area contributed by atoms with Crippen molar-refractivity contribution in [2.75, 3.05) is 18.6 Å². The van der Waals surface area contributed by atoms with Gasteiger partial charge in [-0.1, -0.05) is 6.07 Å². The fourth-order valence-electron chi connectivity index (χ4n) is 2.01. The molecule has 0 spiro atoms. The second kappa shape index (κ2) is 6.65. The van der Waals surface area contributed by atoms with E-state index in [0.29, 0.717) is 18.8 Å². The molecule has 0 bridgehead atoms. The number of nitro benzene ring substituents is 1. The second-order valence-corrected chi connectivity index (χ2v) is 4.37. The zero-order chi connectivity index (χ0) is 15.2. The maximum atomic E-state index is 11.3. The van der Waals surface area contributed by atoms with E-state index < -0.39 is 4.92 Å². The van der Waals surface area contributed by atoms with Crippen LogP contribution in [0.3, 0.4) is 0 Å². The molecule has 1 heterocycles. The molecule has 0 N–H and O–H groups in total. The third kappa shape index (κ3) is 3.44. The topological polar surface area (TPSA) is 81.4 Å². The van der Waals surface area contributed by atoms with Gasteiger partial charge in [0, 0.05) is 19.4 Å². The zero-order valence-corrected chi connectivity index (χ0v) is 11.9. The van der Waals surface area contributed by atoms with Gasteiger partial charge < -0.3 is 9.64 Å². The molecule has 1 aromatic heterocycles. The van der Waals surface area contributed by atoms with Gasteiger partial charge in [-0.3, -0.25) is 20.1 Å². The van der Waals surface area contributed by atoms with Crippen molar-refractivity contribution < 1.29 is 9.66 Å². The third-order valence-corrected chi connectivity index (χ3v) is 2.89. The molecule has 0 fully saturated rings. The molecule has 2 rings (SSSR count). The highest BCUT2D eigenvalue weighted by atomic mass is 16.6. The summed E-state index contributed by atoms with van der Waals surface area (Å²) in [7, 11) is 1.77. The fourth-order valence-corrected chi connectivity index (χ4v) is 2.01. The van der Waals surface area contributed by atoms with Gasteiger partial charge in [0.2, 0.25) is 0 Å². The Labute approximate surface area is 122 Å². The first kappa shape index (κ1) is 14.7. The summed E-state index contributed by atoms with van der Waals surface area (Å²) in [6.45, 7) is 2.59. The van der Waals surface area contributed by atoms with Crippen LogP contribution in [0, 0.1) is 10.1 Å². The lowest BCUT2D eigenvalue weighted by atomic mass is 10.2. The first-order valence-electron chi connectivity index (χ1n) is 6.49. The van der Waals surface area contributed by atoms with Crippen molar-refractivity contribution in [3.63, 3.8) is 0 Å². The van der Waals surface area contributed by atoms with E-state index in [1.807, 2.05) is 0 Å². The van der Waals surface area contributed by atoms with E-state index in [1.54, 1.807) is 55.7 Å². The van der Waals surface area contributed by atoms with Gasteiger partial charge in [0.15, 0.2) is 5.75 Å². The molecule has 1 aromatic carbocycles. The van der Waals surface area contributed by atoms with Crippen molar-refractivity contribution in [1.82, 2.24) is 9.97 Å². The Morgan fingerprint density at radius 1 is 1.38 bits per heavy atom. The number of nitro groups is 1. The molecular weight excluding hydrogens is 272 g/mol. The molecule has 0 aliphatic carbocycles. The first-order chi connectivity index (χ1) is 10.1. The lowest BCUT2D eigenvalue weighted by molar-refractivity contribution is -0.385. The van der Waals surface area contributed by atoms with Gasteiger partial charge in [0.25, 0.3) is 0 Å². The van der Waals surface area contributed by atoms with Crippen LogP contribution in [0.2, 0.25) is 0 Å². The Balaban J connectivity index is 2.34. The van der Waals surface area contributed by atoms with Crippen molar-refractivity contribution >= 4 is 11.4 Å². The molecular formula is C14H16N4O3. The van der Waals surface area contributed by atoms with E-state index >= 15 is 0 Å². The van der Waals surface area contributed by atoms with Gasteiger partial charge in [0.1, 0.15) is 5.69 Å². The van der Waals surface area contributed by atoms with Crippen molar-refractivity contribution in [3.8, 4) is 5.75 Å². The normalized spacial score (nSPS) is 10.2. The predicted molar refractivity (Wildman–Crippen MR) is 78.4 cm³/mol. The smallest absolute Gasteiger partial charge is 0.333 e. The average molecular weight is 288 g/mol. The lowest BCUT2D eigenvalue weighted by Crippen LogP contribution is -2.19. The molecule has 0 saturated heterocycles. The monoisotopic (exact) mass is 288 g/mol. The number of hydrogen-bond acceptors (Lipinski definition) is 6. The number of para-hydroxylation sites is 1. The van der Waals surface area contributed by atoms with E-state index in [1.165, 1.54) is 0 Å². The highest BCUT2D eigenvalue weighted by Crippen LogP contribution is 2.37. The molecule has 7 heteroatoms. The van der Waals surface area contributed by atoms with Gasteiger partial charge >= 0.3 is 5.69 Å². The minimum Gasteiger partial charge on any atom is -0.487 e. The maximum Gasteiger partial charge on any atom is 0.333 e. The van der Waals surface area contributed by atoms with Crippen molar-refractivity contribution in [2.24, 2.45) is 0 Å². The molecule has 0 saturated carbocycles. The van der Waals surface area contributed by atoms with Crippen LogP contribution in [0.5, 0.6) is 5.75 Å². The van der Waals surface area contributed by atoms with E-state index in [4.69, 9.17) is 4.74 Å². The van der Waals surface area contributed by atoms with E-state index in [2.05, 4.69) is 9.97 Å². The molecule has 0 atom stereocenters. The van der Waals surface area contributed by atoms with Crippen LogP contribution in [-0.4, -0.2) is 28.5 Å². The Kier molecular flexibility index (Phi) is 4.65. The second-order valence-electron chi connectivity index (χ2n) is 4.37. The Hall–Kier alpha value is -2.70. The standard InChI is InChI=1S/C14H16N4O3/c1-3-21-13-6-4-5-12(14(13)18(19)20)17(2)10-11-9-15-7-8-16-11/h4-9H,3,10H2,1-2H3. The zero-order valence-electron chi connectivity index (χ0n) is 11.9. The first-order valence-corrected chi connectivity index (χ1v) is 6.49. The van der Waals surface area contributed by atoms with Crippen molar-refractivity contribution in [3.05, 3.63) is 52.6 Å². The van der Waals surface area contributed by atoms with Crippen molar-refractivity contribution in [2.45, 2.75) is 13.5 Å². The summed E-state index contributed by atoms with van der Waals surface area (Å²) in [6, 6.07) is 5.03. The number of anilines is 1. The fraction of sp³-hybridized carbons (Fsp3) is 0.286. The van der Waals surface area contributed by atoms with Crippen LogP contribution in [0.1, 0.15) is 12.6 Å². The SMILES string of the molecule is CCOc1cccc(N(C)Cc2cnccn2)c1[N+](=O)[O-]. The molecule has 0 unspecified atom stereocenters. The maximum absolute atomic E-state index is 11.3. The van der Waals surface area contributed by atoms with Crippen LogP contribution >= 0.6 is 0 Å². The Morgan fingerprint density at radius 2 is 2.19 bits per heavy atom. The minimum atomic E-state index is -0.423. The summed E-state index contributed by atoms with van der Waals surface area (Å²) in [5.74, 6) is 0.269. The summed E-state index contributed by atoms with van der Waals surface area (Å²) < 4.78 is 5.34. The highest BCUT2D eigenvalue weighted by Gasteiger charge is 2.23. The van der Waals surface area contributed by atoms with E-state index in [0.717, 1.165) is 5.69 Å². The number of rotatable bonds is 6. The predicted octanol–water partition coefficient (Wildman–Crippen LogP) is 2.42. The van der Waals surface area contributed by atoms with Gasteiger partial charge in [0.05, 0.1) is 30.0 Å². The van der Waals surface area contributed by atoms with Crippen LogP contribution < -0.4 is 9.64 Å². The molecule has 7 nitrogen and oxygen atoms in total. The van der Waals surface area contributed by atoms with Gasteiger partial charge in [-0.05, 0) is 19.1 Å². The number of benzene rings is 1.